The molecule has 0 aliphatic rings. The van der Waals surface area contributed by atoms with E-state index in [9.17, 15) is 4.79 Å². The Morgan fingerprint density at radius 3 is 2.68 bits per heavy atom. The average Bonchev–Trinajstić information content (AvgIpc) is 2.50. The van der Waals surface area contributed by atoms with E-state index in [1.54, 1.807) is 32.3 Å². The normalized spacial score (nSPS) is 10.6. The minimum Gasteiger partial charge on any atom is -0.493 e. The highest BCUT2D eigenvalue weighted by Gasteiger charge is 2.14. The van der Waals surface area contributed by atoms with E-state index in [0.29, 0.717) is 28.1 Å². The van der Waals surface area contributed by atoms with Crippen LogP contribution in [0.2, 0.25) is 0 Å². The van der Waals surface area contributed by atoms with Gasteiger partial charge in [0.2, 0.25) is 0 Å². The molecule has 1 aromatic rings. The molecular formula is C16H17BrN2O3. The van der Waals surface area contributed by atoms with Crippen molar-refractivity contribution in [3.63, 3.8) is 0 Å². The lowest BCUT2D eigenvalue weighted by molar-refractivity contribution is -0.124. The number of hydrogen-bond acceptors (Lipinski definition) is 4. The highest BCUT2D eigenvalue weighted by atomic mass is 79.9. The Morgan fingerprint density at radius 2 is 2.18 bits per heavy atom. The first-order valence-electron chi connectivity index (χ1n) is 6.39. The molecule has 0 saturated carbocycles. The predicted molar refractivity (Wildman–Crippen MR) is 88.7 cm³/mol. The molecule has 1 rings (SSSR count). The molecule has 0 heterocycles. The smallest absolute Gasteiger partial charge is 0.264 e. The zero-order valence-corrected chi connectivity index (χ0v) is 14.3. The van der Waals surface area contributed by atoms with Gasteiger partial charge in [0.1, 0.15) is 18.2 Å². The largest absolute Gasteiger partial charge is 0.493 e. The first-order chi connectivity index (χ1) is 10.4. The van der Waals surface area contributed by atoms with Gasteiger partial charge in [0.25, 0.3) is 5.91 Å². The number of carbonyl (C=O) groups excluding carboxylic acids is 1. The fraction of sp³-hybridized carbons (Fsp3) is 0.250. The summed E-state index contributed by atoms with van der Waals surface area (Å²) in [5.41, 5.74) is 0.695. The summed E-state index contributed by atoms with van der Waals surface area (Å²) < 4.78 is 11.5. The molecular weight excluding hydrogens is 348 g/mol. The van der Waals surface area contributed by atoms with Gasteiger partial charge in [-0.25, -0.2) is 0 Å². The second-order valence-corrected chi connectivity index (χ2v) is 5.36. The van der Waals surface area contributed by atoms with E-state index < -0.39 is 0 Å². The lowest BCUT2D eigenvalue weighted by Gasteiger charge is -2.13. The lowest BCUT2D eigenvalue weighted by Crippen LogP contribution is -2.22. The van der Waals surface area contributed by atoms with Crippen LogP contribution in [0.3, 0.4) is 0 Å². The molecule has 0 unspecified atom stereocenters. The Labute approximate surface area is 138 Å². The van der Waals surface area contributed by atoms with Crippen LogP contribution in [0.1, 0.15) is 5.56 Å². The number of likely N-dealkylation sites (N-methyl/N-ethyl adjacent to an activating group) is 1. The van der Waals surface area contributed by atoms with Crippen LogP contribution in [0.5, 0.6) is 11.5 Å². The summed E-state index contributed by atoms with van der Waals surface area (Å²) in [6, 6.07) is 5.36. The molecule has 0 aliphatic heterocycles. The van der Waals surface area contributed by atoms with E-state index in [1.165, 1.54) is 18.1 Å². The number of benzene rings is 1. The highest BCUT2D eigenvalue weighted by molar-refractivity contribution is 9.10. The van der Waals surface area contributed by atoms with Gasteiger partial charge >= 0.3 is 0 Å². The van der Waals surface area contributed by atoms with Gasteiger partial charge in [-0.05, 0) is 39.7 Å². The van der Waals surface area contributed by atoms with Crippen molar-refractivity contribution in [2.75, 3.05) is 27.8 Å². The first-order valence-corrected chi connectivity index (χ1v) is 7.18. The Hall–Kier alpha value is -2.26. The maximum Gasteiger partial charge on any atom is 0.264 e. The fourth-order valence-corrected chi connectivity index (χ4v) is 2.23. The number of amides is 1. The number of hydrogen-bond donors (Lipinski definition) is 0. The van der Waals surface area contributed by atoms with Crippen molar-refractivity contribution in [2.45, 2.75) is 0 Å². The number of nitrogens with zero attached hydrogens (tertiary/aromatic N) is 2. The zero-order chi connectivity index (χ0) is 16.7. The number of halogens is 1. The average molecular weight is 365 g/mol. The molecule has 116 valence electrons. The molecule has 22 heavy (non-hydrogen) atoms. The van der Waals surface area contributed by atoms with Crippen LogP contribution in [0.15, 0.2) is 34.8 Å². The molecule has 0 atom stereocenters. The third-order valence-electron chi connectivity index (χ3n) is 2.67. The van der Waals surface area contributed by atoms with Crippen molar-refractivity contribution < 1.29 is 14.3 Å². The Bertz CT molecular complexity index is 646. The minimum atomic E-state index is -0.357. The summed E-state index contributed by atoms with van der Waals surface area (Å²) in [6.07, 6.45) is 3.14. The lowest BCUT2D eigenvalue weighted by atomic mass is 10.1. The molecule has 1 amide bonds. The number of rotatable bonds is 6. The highest BCUT2D eigenvalue weighted by Crippen LogP contribution is 2.37. The molecule has 1 aromatic carbocycles. The van der Waals surface area contributed by atoms with E-state index in [-0.39, 0.29) is 11.5 Å². The first kappa shape index (κ1) is 17.8. The van der Waals surface area contributed by atoms with E-state index in [4.69, 9.17) is 14.7 Å². The van der Waals surface area contributed by atoms with Gasteiger partial charge in [0.15, 0.2) is 11.5 Å². The molecule has 5 nitrogen and oxygen atoms in total. The van der Waals surface area contributed by atoms with Crippen molar-refractivity contribution in [1.29, 1.82) is 5.26 Å². The minimum absolute atomic E-state index is 0.0405. The van der Waals surface area contributed by atoms with E-state index in [0.717, 1.165) is 0 Å². The van der Waals surface area contributed by atoms with Crippen molar-refractivity contribution in [3.8, 4) is 17.6 Å². The molecule has 6 heteroatoms. The van der Waals surface area contributed by atoms with Crippen LogP contribution < -0.4 is 9.47 Å². The summed E-state index contributed by atoms with van der Waals surface area (Å²) in [7, 11) is 4.71. The van der Waals surface area contributed by atoms with Gasteiger partial charge in [-0.3, -0.25) is 4.79 Å². The maximum absolute atomic E-state index is 11.9. The maximum atomic E-state index is 11.9. The van der Waals surface area contributed by atoms with E-state index in [1.807, 2.05) is 6.07 Å². The van der Waals surface area contributed by atoms with Crippen molar-refractivity contribution in [2.24, 2.45) is 0 Å². The fourth-order valence-electron chi connectivity index (χ4n) is 1.65. The van der Waals surface area contributed by atoms with Crippen LogP contribution in [0, 0.1) is 11.3 Å². The molecule has 0 saturated heterocycles. The summed E-state index contributed by atoms with van der Waals surface area (Å²) in [4.78, 5) is 13.2. The van der Waals surface area contributed by atoms with Crippen LogP contribution >= 0.6 is 15.9 Å². The third kappa shape index (κ3) is 4.37. The molecule has 0 aromatic heterocycles. The van der Waals surface area contributed by atoms with Gasteiger partial charge < -0.3 is 14.4 Å². The number of methoxy groups -OCH3 is 1. The van der Waals surface area contributed by atoms with Gasteiger partial charge in [-0.15, -0.1) is 0 Å². The molecule has 0 N–H and O–H groups in total. The Balaban J connectivity index is 3.27. The van der Waals surface area contributed by atoms with Gasteiger partial charge in [-0.1, -0.05) is 12.7 Å². The SMILES string of the molecule is C=CCOc1c(Br)cc(/C=C(/C#N)C(=O)N(C)C)cc1OC. The zero-order valence-electron chi connectivity index (χ0n) is 12.7. The monoisotopic (exact) mass is 364 g/mol. The van der Waals surface area contributed by atoms with Crippen LogP contribution in [-0.4, -0.2) is 38.6 Å². The van der Waals surface area contributed by atoms with E-state index in [2.05, 4.69) is 22.5 Å². The molecule has 0 spiro atoms. The summed E-state index contributed by atoms with van der Waals surface area (Å²) in [5.74, 6) is 0.679. The molecule has 0 fully saturated rings. The third-order valence-corrected chi connectivity index (χ3v) is 3.25. The van der Waals surface area contributed by atoms with Gasteiger partial charge in [-0.2, -0.15) is 5.26 Å². The second kappa shape index (κ2) is 8.25. The number of nitriles is 1. The number of ether oxygens (including phenoxy) is 2. The standard InChI is InChI=1S/C16H17BrN2O3/c1-5-6-22-15-13(17)8-11(9-14(15)21-4)7-12(10-18)16(20)19(2)3/h5,7-9H,1,6H2,2-4H3/b12-7-. The summed E-state index contributed by atoms with van der Waals surface area (Å²) in [5, 5.41) is 9.13. The van der Waals surface area contributed by atoms with Gasteiger partial charge in [0, 0.05) is 14.1 Å². The second-order valence-electron chi connectivity index (χ2n) is 4.50. The van der Waals surface area contributed by atoms with Crippen LogP contribution in [0.25, 0.3) is 6.08 Å². The molecule has 0 bridgehead atoms. The van der Waals surface area contributed by atoms with Crippen molar-refractivity contribution in [3.05, 3.63) is 40.4 Å². The topological polar surface area (TPSA) is 62.6 Å². The summed E-state index contributed by atoms with van der Waals surface area (Å²) in [6.45, 7) is 3.94. The molecule has 0 radical (unpaired) electrons. The van der Waals surface area contributed by atoms with E-state index >= 15 is 0 Å². The summed E-state index contributed by atoms with van der Waals surface area (Å²) >= 11 is 3.40. The van der Waals surface area contributed by atoms with Gasteiger partial charge in [0.05, 0.1) is 11.6 Å². The van der Waals surface area contributed by atoms with Crippen LogP contribution in [-0.2, 0) is 4.79 Å². The number of carbonyl (C=O) groups is 1. The quantitative estimate of drug-likeness (QED) is 0.442. The predicted octanol–water partition coefficient (Wildman–Crippen LogP) is 3.02. The molecule has 0 aliphatic carbocycles. The van der Waals surface area contributed by atoms with Crippen molar-refractivity contribution >= 4 is 27.9 Å². The Morgan fingerprint density at radius 1 is 1.50 bits per heavy atom. The van der Waals surface area contributed by atoms with Crippen molar-refractivity contribution in [1.82, 2.24) is 4.90 Å². The Kier molecular flexibility index (Phi) is 6.67. The van der Waals surface area contributed by atoms with Crippen LogP contribution in [0.4, 0.5) is 0 Å².